The van der Waals surface area contributed by atoms with Crippen LogP contribution in [0.15, 0.2) is 18.2 Å². The maximum absolute atomic E-state index is 12.6. The average Bonchev–Trinajstić information content (AvgIpc) is 2.42. The van der Waals surface area contributed by atoms with Gasteiger partial charge in [-0.15, -0.1) is 0 Å². The highest BCUT2D eigenvalue weighted by molar-refractivity contribution is 5.91. The molecule has 0 unspecified atom stereocenters. The van der Waals surface area contributed by atoms with E-state index < -0.39 is 23.3 Å². The number of carbonyl (C=O) groups is 1. The number of ether oxygens (including phenoxy) is 1. The summed E-state index contributed by atoms with van der Waals surface area (Å²) in [6.07, 6.45) is -4.58. The standard InChI is InChI=1S/C14H18F3NO3/c1-3-18(4-2)7-8-21-12-6-5-10(14(15,16)17)9-11(12)13(19)20/h5-6,9H,3-4,7-8H2,1-2H3,(H,19,20). The zero-order valence-corrected chi connectivity index (χ0v) is 11.9. The van der Waals surface area contributed by atoms with Crippen molar-refractivity contribution in [2.75, 3.05) is 26.2 Å². The summed E-state index contributed by atoms with van der Waals surface area (Å²) >= 11 is 0. The molecule has 0 radical (unpaired) electrons. The first-order valence-electron chi connectivity index (χ1n) is 6.59. The Morgan fingerprint density at radius 3 is 2.38 bits per heavy atom. The van der Waals surface area contributed by atoms with Crippen molar-refractivity contribution in [2.24, 2.45) is 0 Å². The normalized spacial score (nSPS) is 11.7. The minimum Gasteiger partial charge on any atom is -0.491 e. The molecule has 0 saturated heterocycles. The van der Waals surface area contributed by atoms with E-state index >= 15 is 0 Å². The van der Waals surface area contributed by atoms with E-state index in [4.69, 9.17) is 9.84 Å². The fourth-order valence-corrected chi connectivity index (χ4v) is 1.82. The molecule has 0 atom stereocenters. The van der Waals surface area contributed by atoms with Crippen molar-refractivity contribution in [1.82, 2.24) is 4.90 Å². The number of carboxylic acids is 1. The summed E-state index contributed by atoms with van der Waals surface area (Å²) < 4.78 is 43.0. The molecule has 0 fully saturated rings. The predicted molar refractivity (Wildman–Crippen MR) is 71.7 cm³/mol. The number of carboxylic acid groups (broad SMARTS) is 1. The van der Waals surface area contributed by atoms with Gasteiger partial charge in [0.2, 0.25) is 0 Å². The van der Waals surface area contributed by atoms with E-state index in [1.165, 1.54) is 0 Å². The van der Waals surface area contributed by atoms with Crippen LogP contribution in [0.25, 0.3) is 0 Å². The van der Waals surface area contributed by atoms with Gasteiger partial charge in [0.25, 0.3) is 0 Å². The van der Waals surface area contributed by atoms with E-state index in [0.29, 0.717) is 12.6 Å². The van der Waals surface area contributed by atoms with E-state index in [2.05, 4.69) is 4.90 Å². The van der Waals surface area contributed by atoms with Crippen LogP contribution in [0.5, 0.6) is 5.75 Å². The van der Waals surface area contributed by atoms with Crippen molar-refractivity contribution in [3.05, 3.63) is 29.3 Å². The van der Waals surface area contributed by atoms with E-state index in [9.17, 15) is 18.0 Å². The predicted octanol–water partition coefficient (Wildman–Crippen LogP) is 3.12. The Kier molecular flexibility index (Phi) is 6.02. The first-order valence-corrected chi connectivity index (χ1v) is 6.59. The van der Waals surface area contributed by atoms with Gasteiger partial charge in [-0.05, 0) is 31.3 Å². The molecular weight excluding hydrogens is 287 g/mol. The largest absolute Gasteiger partial charge is 0.491 e. The minimum atomic E-state index is -4.58. The minimum absolute atomic E-state index is 0.0531. The molecule has 0 aromatic heterocycles. The van der Waals surface area contributed by atoms with E-state index in [1.807, 2.05) is 13.8 Å². The summed E-state index contributed by atoms with van der Waals surface area (Å²) in [6, 6.07) is 2.46. The second-order valence-corrected chi connectivity index (χ2v) is 4.39. The molecule has 1 rings (SSSR count). The molecule has 118 valence electrons. The summed E-state index contributed by atoms with van der Waals surface area (Å²) in [6.45, 7) is 6.38. The topological polar surface area (TPSA) is 49.8 Å². The lowest BCUT2D eigenvalue weighted by atomic mass is 10.1. The number of hydrogen-bond acceptors (Lipinski definition) is 3. The molecule has 0 aliphatic heterocycles. The van der Waals surface area contributed by atoms with Crippen molar-refractivity contribution in [2.45, 2.75) is 20.0 Å². The number of aromatic carboxylic acids is 1. The lowest BCUT2D eigenvalue weighted by Crippen LogP contribution is -2.28. The smallest absolute Gasteiger partial charge is 0.416 e. The molecule has 0 bridgehead atoms. The van der Waals surface area contributed by atoms with Crippen LogP contribution in [0, 0.1) is 0 Å². The maximum Gasteiger partial charge on any atom is 0.416 e. The number of alkyl halides is 3. The first-order chi connectivity index (χ1) is 9.79. The van der Waals surface area contributed by atoms with E-state index in [-0.39, 0.29) is 12.4 Å². The monoisotopic (exact) mass is 305 g/mol. The second kappa shape index (κ2) is 7.31. The van der Waals surface area contributed by atoms with Crippen molar-refractivity contribution in [1.29, 1.82) is 0 Å². The third-order valence-electron chi connectivity index (χ3n) is 3.10. The van der Waals surface area contributed by atoms with Gasteiger partial charge in [-0.1, -0.05) is 13.8 Å². The number of halogens is 3. The van der Waals surface area contributed by atoms with Crippen LogP contribution in [0.2, 0.25) is 0 Å². The third kappa shape index (κ3) is 4.93. The fraction of sp³-hybridized carbons (Fsp3) is 0.500. The van der Waals surface area contributed by atoms with Crippen molar-refractivity contribution in [3.8, 4) is 5.75 Å². The number of rotatable bonds is 7. The van der Waals surface area contributed by atoms with Crippen molar-refractivity contribution >= 4 is 5.97 Å². The molecule has 1 N–H and O–H groups in total. The Morgan fingerprint density at radius 2 is 1.90 bits per heavy atom. The lowest BCUT2D eigenvalue weighted by molar-refractivity contribution is -0.137. The molecule has 1 aromatic carbocycles. The summed E-state index contributed by atoms with van der Waals surface area (Å²) in [5.41, 5.74) is -1.49. The highest BCUT2D eigenvalue weighted by Gasteiger charge is 2.32. The van der Waals surface area contributed by atoms with Gasteiger partial charge in [0.05, 0.1) is 5.56 Å². The average molecular weight is 305 g/mol. The molecule has 0 heterocycles. The van der Waals surface area contributed by atoms with Gasteiger partial charge < -0.3 is 14.7 Å². The van der Waals surface area contributed by atoms with Crippen LogP contribution >= 0.6 is 0 Å². The SMILES string of the molecule is CCN(CC)CCOc1ccc(C(F)(F)F)cc1C(=O)O. The number of benzene rings is 1. The Labute approximate surface area is 121 Å². The van der Waals surface area contributed by atoms with Crippen molar-refractivity contribution < 1.29 is 27.8 Å². The quantitative estimate of drug-likeness (QED) is 0.841. The molecule has 7 heteroatoms. The summed E-state index contributed by atoms with van der Waals surface area (Å²) in [5.74, 6) is -1.50. The van der Waals surface area contributed by atoms with E-state index in [1.54, 1.807) is 0 Å². The molecule has 0 aliphatic carbocycles. The molecule has 1 aromatic rings. The molecule has 0 saturated carbocycles. The Hall–Kier alpha value is -1.76. The third-order valence-corrected chi connectivity index (χ3v) is 3.10. The molecule has 21 heavy (non-hydrogen) atoms. The highest BCUT2D eigenvalue weighted by Crippen LogP contribution is 2.32. The molecule has 0 spiro atoms. The van der Waals surface area contributed by atoms with Crippen LogP contribution in [-0.4, -0.2) is 42.2 Å². The van der Waals surface area contributed by atoms with Crippen molar-refractivity contribution in [3.63, 3.8) is 0 Å². The summed E-state index contributed by atoms with van der Waals surface area (Å²) in [7, 11) is 0. The van der Waals surface area contributed by atoms with Crippen LogP contribution in [0.3, 0.4) is 0 Å². The zero-order valence-electron chi connectivity index (χ0n) is 11.9. The Balaban J connectivity index is 2.85. The molecule has 0 aliphatic rings. The van der Waals surface area contributed by atoms with Crippen LogP contribution in [-0.2, 0) is 6.18 Å². The molecular formula is C14H18F3NO3. The summed E-state index contributed by atoms with van der Waals surface area (Å²) in [4.78, 5) is 13.1. The zero-order chi connectivity index (χ0) is 16.0. The fourth-order valence-electron chi connectivity index (χ4n) is 1.82. The molecule has 4 nitrogen and oxygen atoms in total. The summed E-state index contributed by atoms with van der Waals surface area (Å²) in [5, 5.41) is 9.00. The number of hydrogen-bond donors (Lipinski definition) is 1. The Bertz CT molecular complexity index is 485. The van der Waals surface area contributed by atoms with Crippen LogP contribution in [0.4, 0.5) is 13.2 Å². The first kappa shape index (κ1) is 17.3. The van der Waals surface area contributed by atoms with Gasteiger partial charge in [0.15, 0.2) is 0 Å². The van der Waals surface area contributed by atoms with Gasteiger partial charge in [-0.25, -0.2) is 4.79 Å². The van der Waals surface area contributed by atoms with Gasteiger partial charge >= 0.3 is 12.1 Å². The highest BCUT2D eigenvalue weighted by atomic mass is 19.4. The van der Waals surface area contributed by atoms with Gasteiger partial charge in [0, 0.05) is 6.54 Å². The van der Waals surface area contributed by atoms with Crippen LogP contribution in [0.1, 0.15) is 29.8 Å². The lowest BCUT2D eigenvalue weighted by Gasteiger charge is -2.18. The van der Waals surface area contributed by atoms with E-state index in [0.717, 1.165) is 25.2 Å². The van der Waals surface area contributed by atoms with Gasteiger partial charge in [-0.2, -0.15) is 13.2 Å². The Morgan fingerprint density at radius 1 is 1.29 bits per heavy atom. The number of nitrogens with zero attached hydrogens (tertiary/aromatic N) is 1. The van der Waals surface area contributed by atoms with Gasteiger partial charge in [0.1, 0.15) is 17.9 Å². The van der Waals surface area contributed by atoms with Gasteiger partial charge in [-0.3, -0.25) is 0 Å². The molecule has 0 amide bonds. The van der Waals surface area contributed by atoms with Crippen LogP contribution < -0.4 is 4.74 Å². The maximum atomic E-state index is 12.6. The second-order valence-electron chi connectivity index (χ2n) is 4.39. The number of likely N-dealkylation sites (N-methyl/N-ethyl adjacent to an activating group) is 1.